The van der Waals surface area contributed by atoms with Crippen molar-refractivity contribution in [2.75, 3.05) is 0 Å². The van der Waals surface area contributed by atoms with E-state index in [2.05, 4.69) is 13.8 Å². The Morgan fingerprint density at radius 2 is 1.36 bits per heavy atom. The first-order valence-electron chi connectivity index (χ1n) is 8.92. The second-order valence-corrected chi connectivity index (χ2v) is 6.76. The first-order valence-corrected chi connectivity index (χ1v) is 8.92. The van der Waals surface area contributed by atoms with Crippen LogP contribution in [-0.2, 0) is 6.42 Å². The summed E-state index contributed by atoms with van der Waals surface area (Å²) in [5, 5.41) is 8.85. The van der Waals surface area contributed by atoms with Gasteiger partial charge in [0, 0.05) is 0 Å². The minimum Gasteiger partial charge on any atom is -0.478 e. The van der Waals surface area contributed by atoms with Crippen LogP contribution in [0.4, 0.5) is 0 Å². The van der Waals surface area contributed by atoms with E-state index in [0.29, 0.717) is 5.56 Å². The maximum absolute atomic E-state index is 10.8. The summed E-state index contributed by atoms with van der Waals surface area (Å²) in [5.74, 6) is 0.00417. The number of carboxylic acid groups (broad SMARTS) is 1. The van der Waals surface area contributed by atoms with Gasteiger partial charge in [-0.25, -0.2) is 4.79 Å². The van der Waals surface area contributed by atoms with Crippen molar-refractivity contribution in [3.05, 3.63) is 35.4 Å². The second-order valence-electron chi connectivity index (χ2n) is 6.76. The Kier molecular flexibility index (Phi) is 9.61. The molecule has 1 rings (SSSR count). The van der Waals surface area contributed by atoms with Crippen molar-refractivity contribution >= 4 is 5.97 Å². The molecule has 0 atom stereocenters. The number of unbranched alkanes of at least 4 members (excludes halogenated alkanes) is 7. The van der Waals surface area contributed by atoms with Crippen molar-refractivity contribution in [1.29, 1.82) is 0 Å². The monoisotopic (exact) mass is 304 g/mol. The van der Waals surface area contributed by atoms with Gasteiger partial charge in [0.25, 0.3) is 0 Å². The number of benzene rings is 1. The van der Waals surface area contributed by atoms with Crippen molar-refractivity contribution in [2.24, 2.45) is 5.92 Å². The number of hydrogen-bond acceptors (Lipinski definition) is 1. The summed E-state index contributed by atoms with van der Waals surface area (Å²) < 4.78 is 0. The molecule has 0 aliphatic heterocycles. The van der Waals surface area contributed by atoms with Crippen molar-refractivity contribution in [3.8, 4) is 0 Å². The zero-order valence-corrected chi connectivity index (χ0v) is 14.3. The molecule has 0 heterocycles. The highest BCUT2D eigenvalue weighted by Gasteiger charge is 2.01. The molecule has 22 heavy (non-hydrogen) atoms. The highest BCUT2D eigenvalue weighted by Crippen LogP contribution is 2.14. The van der Waals surface area contributed by atoms with E-state index in [-0.39, 0.29) is 0 Å². The lowest BCUT2D eigenvalue weighted by atomic mass is 10.0. The summed E-state index contributed by atoms with van der Waals surface area (Å²) in [6, 6.07) is 7.29. The van der Waals surface area contributed by atoms with E-state index in [9.17, 15) is 4.79 Å². The highest BCUT2D eigenvalue weighted by atomic mass is 16.4. The van der Waals surface area contributed by atoms with Gasteiger partial charge in [0.15, 0.2) is 0 Å². The predicted molar refractivity (Wildman–Crippen MR) is 93.5 cm³/mol. The van der Waals surface area contributed by atoms with Crippen molar-refractivity contribution in [2.45, 2.75) is 78.1 Å². The van der Waals surface area contributed by atoms with Gasteiger partial charge in [-0.3, -0.25) is 0 Å². The van der Waals surface area contributed by atoms with Gasteiger partial charge >= 0.3 is 5.97 Å². The molecule has 0 radical (unpaired) electrons. The number of rotatable bonds is 12. The molecule has 0 saturated heterocycles. The Morgan fingerprint density at radius 3 is 1.86 bits per heavy atom. The van der Waals surface area contributed by atoms with Crippen LogP contribution in [0.25, 0.3) is 0 Å². The molecule has 0 saturated carbocycles. The van der Waals surface area contributed by atoms with Gasteiger partial charge in [0.2, 0.25) is 0 Å². The number of aromatic carboxylic acids is 1. The molecule has 2 heteroatoms. The maximum Gasteiger partial charge on any atom is 0.335 e. The highest BCUT2D eigenvalue weighted by molar-refractivity contribution is 5.87. The zero-order valence-electron chi connectivity index (χ0n) is 14.3. The Labute approximate surface area is 135 Å². The number of aryl methyl sites for hydroxylation is 1. The summed E-state index contributed by atoms with van der Waals surface area (Å²) in [6.07, 6.45) is 13.2. The van der Waals surface area contributed by atoms with Gasteiger partial charge in [-0.05, 0) is 36.5 Å². The molecule has 1 aromatic rings. The van der Waals surface area contributed by atoms with E-state index in [0.717, 1.165) is 12.3 Å². The molecule has 0 fully saturated rings. The van der Waals surface area contributed by atoms with Gasteiger partial charge in [-0.15, -0.1) is 0 Å². The molecular formula is C20H32O2. The summed E-state index contributed by atoms with van der Waals surface area (Å²) in [7, 11) is 0. The van der Waals surface area contributed by atoms with E-state index in [1.165, 1.54) is 63.4 Å². The van der Waals surface area contributed by atoms with Crippen LogP contribution in [0.2, 0.25) is 0 Å². The molecule has 124 valence electrons. The lowest BCUT2D eigenvalue weighted by molar-refractivity contribution is 0.0697. The first kappa shape index (κ1) is 18.7. The maximum atomic E-state index is 10.8. The number of hydrogen-bond donors (Lipinski definition) is 1. The molecule has 0 spiro atoms. The third-order valence-electron chi connectivity index (χ3n) is 4.20. The predicted octanol–water partition coefficient (Wildman–Crippen LogP) is 6.09. The average Bonchev–Trinajstić information content (AvgIpc) is 2.49. The Morgan fingerprint density at radius 1 is 0.864 bits per heavy atom. The van der Waals surface area contributed by atoms with Crippen molar-refractivity contribution in [3.63, 3.8) is 0 Å². The molecule has 0 aromatic heterocycles. The third kappa shape index (κ3) is 8.86. The van der Waals surface area contributed by atoms with Crippen LogP contribution >= 0.6 is 0 Å². The molecule has 1 aromatic carbocycles. The molecule has 0 aliphatic rings. The van der Waals surface area contributed by atoms with Crippen LogP contribution in [0.3, 0.4) is 0 Å². The van der Waals surface area contributed by atoms with E-state index in [1.807, 2.05) is 12.1 Å². The fraction of sp³-hybridized carbons (Fsp3) is 0.650. The smallest absolute Gasteiger partial charge is 0.335 e. The minimum atomic E-state index is -0.847. The second kappa shape index (κ2) is 11.3. The average molecular weight is 304 g/mol. The molecule has 1 N–H and O–H groups in total. The number of carboxylic acids is 1. The summed E-state index contributed by atoms with van der Waals surface area (Å²) in [4.78, 5) is 10.8. The molecule has 2 nitrogen and oxygen atoms in total. The summed E-state index contributed by atoms with van der Waals surface area (Å²) in [5.41, 5.74) is 1.62. The standard InChI is InChI=1S/C20H32O2/c1-17(2)11-9-7-5-3-4-6-8-10-12-18-13-15-19(16-14-18)20(21)22/h13-17H,3-12H2,1-2H3,(H,21,22). The largest absolute Gasteiger partial charge is 0.478 e. The Bertz CT molecular complexity index is 406. The number of carbonyl (C=O) groups is 1. The lowest BCUT2D eigenvalue weighted by Gasteiger charge is -2.05. The van der Waals surface area contributed by atoms with E-state index >= 15 is 0 Å². The molecule has 0 amide bonds. The Balaban J connectivity index is 1.96. The zero-order chi connectivity index (χ0) is 16.2. The summed E-state index contributed by atoms with van der Waals surface area (Å²) in [6.45, 7) is 4.60. The SMILES string of the molecule is CC(C)CCCCCCCCCCc1ccc(C(=O)O)cc1. The lowest BCUT2D eigenvalue weighted by Crippen LogP contribution is -1.96. The first-order chi connectivity index (χ1) is 10.6. The van der Waals surface area contributed by atoms with Crippen LogP contribution < -0.4 is 0 Å². The molecule has 0 unspecified atom stereocenters. The Hall–Kier alpha value is -1.31. The van der Waals surface area contributed by atoms with E-state index in [1.54, 1.807) is 12.1 Å². The molecule has 0 bridgehead atoms. The fourth-order valence-electron chi connectivity index (χ4n) is 2.76. The fourth-order valence-corrected chi connectivity index (χ4v) is 2.76. The van der Waals surface area contributed by atoms with Gasteiger partial charge in [0.05, 0.1) is 5.56 Å². The van der Waals surface area contributed by atoms with E-state index < -0.39 is 5.97 Å². The van der Waals surface area contributed by atoms with Crippen molar-refractivity contribution < 1.29 is 9.90 Å². The van der Waals surface area contributed by atoms with Crippen LogP contribution in [0.15, 0.2) is 24.3 Å². The molecule has 0 aliphatic carbocycles. The van der Waals surface area contributed by atoms with Gasteiger partial charge < -0.3 is 5.11 Å². The minimum absolute atomic E-state index is 0.376. The van der Waals surface area contributed by atoms with Gasteiger partial charge in [-0.1, -0.05) is 77.3 Å². The van der Waals surface area contributed by atoms with E-state index in [4.69, 9.17) is 5.11 Å². The van der Waals surface area contributed by atoms with Crippen LogP contribution in [0, 0.1) is 5.92 Å². The normalized spacial score (nSPS) is 11.0. The topological polar surface area (TPSA) is 37.3 Å². The quantitative estimate of drug-likeness (QED) is 0.474. The van der Waals surface area contributed by atoms with Crippen molar-refractivity contribution in [1.82, 2.24) is 0 Å². The van der Waals surface area contributed by atoms with Crippen LogP contribution in [-0.4, -0.2) is 11.1 Å². The summed E-state index contributed by atoms with van der Waals surface area (Å²) >= 11 is 0. The van der Waals surface area contributed by atoms with Crippen LogP contribution in [0.5, 0.6) is 0 Å². The van der Waals surface area contributed by atoms with Gasteiger partial charge in [-0.2, -0.15) is 0 Å². The third-order valence-corrected chi connectivity index (χ3v) is 4.20. The van der Waals surface area contributed by atoms with Crippen LogP contribution in [0.1, 0.15) is 87.6 Å². The molecular weight excluding hydrogens is 272 g/mol. The van der Waals surface area contributed by atoms with Gasteiger partial charge in [0.1, 0.15) is 0 Å².